The molecule has 1 unspecified atom stereocenters. The Labute approximate surface area is 510 Å². The highest BCUT2D eigenvalue weighted by molar-refractivity contribution is 5.71. The fourth-order valence-electron chi connectivity index (χ4n) is 10.6. The number of carbonyl (C=O) groups is 3. The van der Waals surface area contributed by atoms with Gasteiger partial charge in [0.1, 0.15) is 13.2 Å². The van der Waals surface area contributed by atoms with Crippen molar-refractivity contribution in [3.8, 4) is 0 Å². The molecule has 0 saturated heterocycles. The minimum Gasteiger partial charge on any atom is -0.462 e. The van der Waals surface area contributed by atoms with Crippen LogP contribution in [0.15, 0.2) is 72.9 Å². The first-order valence-corrected chi connectivity index (χ1v) is 35.9. The minimum absolute atomic E-state index is 0.0722. The average Bonchev–Trinajstić information content (AvgIpc) is 3.47. The molecule has 0 spiro atoms. The summed E-state index contributed by atoms with van der Waals surface area (Å²) in [4.78, 5) is 38.4. The maximum absolute atomic E-state index is 12.9. The molecule has 0 radical (unpaired) electrons. The number of hydrogen-bond acceptors (Lipinski definition) is 6. The maximum Gasteiger partial charge on any atom is 0.306 e. The van der Waals surface area contributed by atoms with Crippen molar-refractivity contribution in [2.75, 3.05) is 13.2 Å². The topological polar surface area (TPSA) is 78.9 Å². The Hall–Kier alpha value is -3.15. The Kier molecular flexibility index (Phi) is 67.6. The lowest BCUT2D eigenvalue weighted by molar-refractivity contribution is -0.167. The summed E-state index contributed by atoms with van der Waals surface area (Å²) in [6.07, 6.45) is 92.3. The van der Waals surface area contributed by atoms with Crippen LogP contribution in [0.2, 0.25) is 0 Å². The van der Waals surface area contributed by atoms with Crippen LogP contribution in [-0.2, 0) is 28.6 Å². The summed E-state index contributed by atoms with van der Waals surface area (Å²) in [6, 6.07) is 0. The van der Waals surface area contributed by atoms with Gasteiger partial charge in [0, 0.05) is 19.3 Å². The fraction of sp³-hybridized carbons (Fsp3) is 0.803. The van der Waals surface area contributed by atoms with Crippen LogP contribution >= 0.6 is 0 Å². The molecule has 0 aliphatic carbocycles. The van der Waals surface area contributed by atoms with Gasteiger partial charge in [-0.2, -0.15) is 0 Å². The molecular weight excluding hydrogens is 1010 g/mol. The summed E-state index contributed by atoms with van der Waals surface area (Å²) in [5.41, 5.74) is 0. The zero-order chi connectivity index (χ0) is 59.2. The molecule has 6 heteroatoms. The Morgan fingerprint density at radius 2 is 0.476 bits per heavy atom. The lowest BCUT2D eigenvalue weighted by Gasteiger charge is -2.18. The standard InChI is InChI=1S/C76H136O6/c1-4-7-10-13-16-19-22-25-27-29-31-32-33-34-35-36-37-38-39-40-41-42-43-44-45-47-48-51-54-57-60-63-66-69-75(78)81-72-73(71-80-74(77)68-65-62-59-56-53-50-24-21-18-15-12-9-6-3)82-76(79)70-67-64-61-58-55-52-49-46-30-28-26-23-20-17-14-11-8-5-2/h7,10,16,19-20,23,25,27-28,30-32,73H,4-6,8-9,11-15,17-18,21-22,24,26,29,33-72H2,1-3H3/b10-7-,19-16-,23-20-,27-25-,30-28-,32-31-. The Balaban J connectivity index is 4.15. The van der Waals surface area contributed by atoms with E-state index < -0.39 is 6.10 Å². The van der Waals surface area contributed by atoms with Crippen LogP contribution in [0, 0.1) is 0 Å². The predicted molar refractivity (Wildman–Crippen MR) is 358 cm³/mol. The number of carbonyl (C=O) groups excluding carboxylic acids is 3. The van der Waals surface area contributed by atoms with Crippen LogP contribution in [-0.4, -0.2) is 37.2 Å². The number of hydrogen-bond donors (Lipinski definition) is 0. The van der Waals surface area contributed by atoms with Gasteiger partial charge in [-0.3, -0.25) is 14.4 Å². The highest BCUT2D eigenvalue weighted by Crippen LogP contribution is 2.18. The maximum atomic E-state index is 12.9. The summed E-state index contributed by atoms with van der Waals surface area (Å²) in [5.74, 6) is -0.856. The van der Waals surface area contributed by atoms with E-state index in [9.17, 15) is 14.4 Å². The van der Waals surface area contributed by atoms with E-state index in [0.717, 1.165) is 96.3 Å². The Morgan fingerprint density at radius 1 is 0.256 bits per heavy atom. The van der Waals surface area contributed by atoms with Crippen molar-refractivity contribution in [3.05, 3.63) is 72.9 Å². The number of rotatable bonds is 66. The monoisotopic (exact) mass is 1150 g/mol. The first-order valence-electron chi connectivity index (χ1n) is 35.9. The van der Waals surface area contributed by atoms with Gasteiger partial charge in [-0.05, 0) is 89.9 Å². The largest absolute Gasteiger partial charge is 0.462 e. The van der Waals surface area contributed by atoms with Crippen molar-refractivity contribution in [2.24, 2.45) is 0 Å². The van der Waals surface area contributed by atoms with E-state index >= 15 is 0 Å². The summed E-state index contributed by atoms with van der Waals surface area (Å²) in [5, 5.41) is 0. The third-order valence-corrected chi connectivity index (χ3v) is 15.9. The van der Waals surface area contributed by atoms with Gasteiger partial charge in [-0.15, -0.1) is 0 Å². The van der Waals surface area contributed by atoms with Crippen LogP contribution in [0.1, 0.15) is 374 Å². The fourth-order valence-corrected chi connectivity index (χ4v) is 10.6. The molecule has 0 amide bonds. The number of unbranched alkanes of at least 4 members (excludes halogenated alkanes) is 43. The lowest BCUT2D eigenvalue weighted by Crippen LogP contribution is -2.30. The highest BCUT2D eigenvalue weighted by atomic mass is 16.6. The average molecular weight is 1150 g/mol. The molecule has 0 aliphatic heterocycles. The second kappa shape index (κ2) is 70.3. The van der Waals surface area contributed by atoms with Gasteiger partial charge < -0.3 is 14.2 Å². The van der Waals surface area contributed by atoms with Gasteiger partial charge in [0.15, 0.2) is 6.10 Å². The van der Waals surface area contributed by atoms with Crippen molar-refractivity contribution in [2.45, 2.75) is 380 Å². The van der Waals surface area contributed by atoms with Crippen LogP contribution in [0.4, 0.5) is 0 Å². The molecule has 0 N–H and O–H groups in total. The second-order valence-electron chi connectivity index (χ2n) is 24.1. The lowest BCUT2D eigenvalue weighted by atomic mass is 10.0. The molecule has 0 rings (SSSR count). The summed E-state index contributed by atoms with van der Waals surface area (Å²) in [6.45, 7) is 6.56. The normalized spacial score (nSPS) is 12.5. The van der Waals surface area contributed by atoms with Crippen molar-refractivity contribution in [1.29, 1.82) is 0 Å². The van der Waals surface area contributed by atoms with E-state index in [0.29, 0.717) is 19.3 Å². The van der Waals surface area contributed by atoms with E-state index in [1.165, 1.54) is 238 Å². The first-order chi connectivity index (χ1) is 40.5. The molecule has 0 bridgehead atoms. The molecule has 476 valence electrons. The Bertz CT molecular complexity index is 1500. The quantitative estimate of drug-likeness (QED) is 0.0261. The predicted octanol–water partition coefficient (Wildman–Crippen LogP) is 24.8. The van der Waals surface area contributed by atoms with Gasteiger partial charge in [-0.1, -0.05) is 338 Å². The van der Waals surface area contributed by atoms with Crippen LogP contribution in [0.25, 0.3) is 0 Å². The van der Waals surface area contributed by atoms with Gasteiger partial charge in [0.25, 0.3) is 0 Å². The van der Waals surface area contributed by atoms with Gasteiger partial charge in [0.05, 0.1) is 0 Å². The van der Waals surface area contributed by atoms with Crippen molar-refractivity contribution >= 4 is 17.9 Å². The van der Waals surface area contributed by atoms with Crippen LogP contribution < -0.4 is 0 Å². The number of esters is 3. The molecule has 0 aromatic heterocycles. The molecule has 82 heavy (non-hydrogen) atoms. The Morgan fingerprint density at radius 3 is 0.756 bits per heavy atom. The molecule has 6 nitrogen and oxygen atoms in total. The molecule has 0 aromatic carbocycles. The van der Waals surface area contributed by atoms with Crippen molar-refractivity contribution in [1.82, 2.24) is 0 Å². The van der Waals surface area contributed by atoms with Crippen molar-refractivity contribution < 1.29 is 28.6 Å². The third-order valence-electron chi connectivity index (χ3n) is 15.9. The van der Waals surface area contributed by atoms with E-state index in [1.807, 2.05) is 0 Å². The number of ether oxygens (including phenoxy) is 3. The molecule has 0 saturated carbocycles. The van der Waals surface area contributed by atoms with Crippen LogP contribution in [0.5, 0.6) is 0 Å². The van der Waals surface area contributed by atoms with Gasteiger partial charge in [0.2, 0.25) is 0 Å². The van der Waals surface area contributed by atoms with Crippen molar-refractivity contribution in [3.63, 3.8) is 0 Å². The summed E-state index contributed by atoms with van der Waals surface area (Å²) >= 11 is 0. The van der Waals surface area contributed by atoms with Gasteiger partial charge >= 0.3 is 17.9 Å². The first kappa shape index (κ1) is 78.8. The zero-order valence-corrected chi connectivity index (χ0v) is 54.8. The minimum atomic E-state index is -0.776. The van der Waals surface area contributed by atoms with E-state index in [-0.39, 0.29) is 31.1 Å². The molecule has 1 atom stereocenters. The summed E-state index contributed by atoms with van der Waals surface area (Å²) < 4.78 is 17.0. The van der Waals surface area contributed by atoms with Crippen LogP contribution in [0.3, 0.4) is 0 Å². The smallest absolute Gasteiger partial charge is 0.306 e. The van der Waals surface area contributed by atoms with E-state index in [1.54, 1.807) is 0 Å². The zero-order valence-electron chi connectivity index (χ0n) is 54.8. The second-order valence-corrected chi connectivity index (χ2v) is 24.1. The van der Waals surface area contributed by atoms with E-state index in [2.05, 4.69) is 93.7 Å². The van der Waals surface area contributed by atoms with Gasteiger partial charge in [-0.25, -0.2) is 0 Å². The highest BCUT2D eigenvalue weighted by Gasteiger charge is 2.19. The summed E-state index contributed by atoms with van der Waals surface area (Å²) in [7, 11) is 0. The number of allylic oxidation sites excluding steroid dienone is 12. The third kappa shape index (κ3) is 67.6. The molecule has 0 aromatic rings. The molecular formula is C76H136O6. The van der Waals surface area contributed by atoms with E-state index in [4.69, 9.17) is 14.2 Å². The molecule has 0 fully saturated rings. The SMILES string of the molecule is CC/C=C\C/C=C\C/C=C\C/C=C\CCCCCCCCCCCCCCCCCCCCCCC(=O)OCC(COC(=O)CCCCCCCCCCCCCCC)OC(=O)CCCCCCCCC/C=C\C/C=C\CCCCCC. The molecule has 0 aliphatic rings. The molecule has 0 heterocycles.